The Labute approximate surface area is 131 Å². The minimum absolute atomic E-state index is 0.588. The molecule has 2 heterocycles. The Morgan fingerprint density at radius 2 is 2.04 bits per heavy atom. The van der Waals surface area contributed by atoms with Crippen LogP contribution in [0.4, 0.5) is 29.1 Å². The summed E-state index contributed by atoms with van der Waals surface area (Å²) in [6.07, 6.45) is -1.63. The molecule has 0 saturated carbocycles. The summed E-state index contributed by atoms with van der Waals surface area (Å²) >= 11 is 0. The lowest BCUT2D eigenvalue weighted by molar-refractivity contribution is -0.172. The van der Waals surface area contributed by atoms with Gasteiger partial charge >= 0.3 is 12.1 Å². The average Bonchev–Trinajstić information content (AvgIpc) is 2.68. The van der Waals surface area contributed by atoms with E-state index in [-0.39, 0.29) is 0 Å². The number of amides is 1. The number of carbonyl (C=O) groups is 1. The first-order valence-corrected chi connectivity index (χ1v) is 7.12. The molecule has 1 fully saturated rings. The second-order valence-electron chi connectivity index (χ2n) is 5.14. The fourth-order valence-electron chi connectivity index (χ4n) is 2.24. The molecule has 6 nitrogen and oxygen atoms in total. The smallest absolute Gasteiger partial charge is 0.394 e. The third-order valence-electron chi connectivity index (χ3n) is 3.38. The number of nitrogens with one attached hydrogen (secondary N) is 1. The van der Waals surface area contributed by atoms with Crippen LogP contribution in [0.15, 0.2) is 6.20 Å². The topological polar surface area (TPSA) is 76.2 Å². The van der Waals surface area contributed by atoms with Gasteiger partial charge in [-0.25, -0.2) is 4.39 Å². The van der Waals surface area contributed by atoms with Gasteiger partial charge in [-0.2, -0.15) is 18.3 Å². The fraction of sp³-hybridized carbons (Fsp3) is 0.692. The van der Waals surface area contributed by atoms with E-state index in [1.807, 2.05) is 7.05 Å². The Morgan fingerprint density at radius 3 is 2.48 bits per heavy atom. The van der Waals surface area contributed by atoms with E-state index in [9.17, 15) is 22.4 Å². The Bertz CT molecular complexity index is 497. The van der Waals surface area contributed by atoms with Gasteiger partial charge in [0.15, 0.2) is 0 Å². The van der Waals surface area contributed by atoms with Crippen LogP contribution in [0, 0.1) is 0 Å². The highest BCUT2D eigenvalue weighted by Crippen LogP contribution is 2.25. The van der Waals surface area contributed by atoms with Gasteiger partial charge < -0.3 is 16.0 Å². The zero-order chi connectivity index (χ0) is 17.6. The SMILES string of the molecule is CNC(=O)C(F)(F)F.Cn1ncc(N)c1N1CCCC(F)CC1. The van der Waals surface area contributed by atoms with Crippen LogP contribution in [0.2, 0.25) is 0 Å². The summed E-state index contributed by atoms with van der Waals surface area (Å²) in [5.74, 6) is -0.999. The van der Waals surface area contributed by atoms with Gasteiger partial charge in [0.2, 0.25) is 0 Å². The van der Waals surface area contributed by atoms with Gasteiger partial charge in [0.1, 0.15) is 12.0 Å². The molecule has 1 aliphatic heterocycles. The van der Waals surface area contributed by atoms with E-state index in [2.05, 4.69) is 10.00 Å². The highest BCUT2D eigenvalue weighted by molar-refractivity contribution is 5.81. The molecule has 1 aromatic rings. The van der Waals surface area contributed by atoms with Crippen molar-refractivity contribution in [2.45, 2.75) is 31.6 Å². The Kier molecular flexibility index (Phi) is 6.64. The van der Waals surface area contributed by atoms with Crippen LogP contribution in [0.3, 0.4) is 0 Å². The molecule has 23 heavy (non-hydrogen) atoms. The molecule has 3 N–H and O–H groups in total. The first kappa shape index (κ1) is 19.0. The molecule has 1 atom stereocenters. The maximum absolute atomic E-state index is 13.2. The maximum atomic E-state index is 13.2. The lowest BCUT2D eigenvalue weighted by Crippen LogP contribution is -2.33. The quantitative estimate of drug-likeness (QED) is 0.763. The number of anilines is 2. The van der Waals surface area contributed by atoms with Gasteiger partial charge in [-0.1, -0.05) is 0 Å². The maximum Gasteiger partial charge on any atom is 0.471 e. The summed E-state index contributed by atoms with van der Waals surface area (Å²) in [6, 6.07) is 0. The summed E-state index contributed by atoms with van der Waals surface area (Å²) in [5.41, 5.74) is 6.51. The standard InChI is InChI=1S/C10H17FN4.C3H4F3NO/c1-14-10(9(12)7-13-14)15-5-2-3-8(11)4-6-15;1-7-2(8)3(4,5)6/h7-8H,2-6,12H2,1H3;1H3,(H,7,8). The van der Waals surface area contributed by atoms with E-state index >= 15 is 0 Å². The van der Waals surface area contributed by atoms with Crippen molar-refractivity contribution < 1.29 is 22.4 Å². The molecule has 0 aliphatic carbocycles. The number of hydrogen-bond acceptors (Lipinski definition) is 4. The molecule has 1 aliphatic rings. The third-order valence-corrected chi connectivity index (χ3v) is 3.38. The number of halogens is 4. The molecule has 0 aromatic carbocycles. The van der Waals surface area contributed by atoms with Crippen LogP contribution in [0.5, 0.6) is 0 Å². The molecular weight excluding hydrogens is 318 g/mol. The lowest BCUT2D eigenvalue weighted by atomic mass is 10.2. The predicted molar refractivity (Wildman–Crippen MR) is 78.7 cm³/mol. The number of nitrogens with two attached hydrogens (primary N) is 1. The van der Waals surface area contributed by atoms with E-state index in [1.165, 1.54) is 5.32 Å². The van der Waals surface area contributed by atoms with Crippen LogP contribution in [-0.2, 0) is 11.8 Å². The number of nitrogen functional groups attached to an aromatic ring is 1. The molecule has 132 valence electrons. The predicted octanol–water partition coefficient (Wildman–Crippen LogP) is 1.63. The van der Waals surface area contributed by atoms with Crippen molar-refractivity contribution in [3.8, 4) is 0 Å². The third kappa shape index (κ3) is 5.61. The van der Waals surface area contributed by atoms with Crippen molar-refractivity contribution in [1.82, 2.24) is 15.1 Å². The molecule has 1 unspecified atom stereocenters. The van der Waals surface area contributed by atoms with Gasteiger partial charge in [0.05, 0.1) is 11.9 Å². The van der Waals surface area contributed by atoms with Gasteiger partial charge in [-0.3, -0.25) is 9.48 Å². The molecule has 1 aromatic heterocycles. The van der Waals surface area contributed by atoms with E-state index in [0.29, 0.717) is 18.5 Å². The molecule has 2 rings (SSSR count). The van der Waals surface area contributed by atoms with Gasteiger partial charge in [-0.15, -0.1) is 0 Å². The summed E-state index contributed by atoms with van der Waals surface area (Å²) in [7, 11) is 2.79. The highest BCUT2D eigenvalue weighted by Gasteiger charge is 2.37. The van der Waals surface area contributed by atoms with E-state index in [4.69, 9.17) is 5.73 Å². The molecule has 1 saturated heterocycles. The lowest BCUT2D eigenvalue weighted by Gasteiger charge is -2.22. The van der Waals surface area contributed by atoms with E-state index < -0.39 is 18.3 Å². The second kappa shape index (κ2) is 8.02. The van der Waals surface area contributed by atoms with Gasteiger partial charge in [0.25, 0.3) is 0 Å². The Morgan fingerprint density at radius 1 is 1.39 bits per heavy atom. The number of alkyl halides is 4. The summed E-state index contributed by atoms with van der Waals surface area (Å²) < 4.78 is 48.0. The van der Waals surface area contributed by atoms with Crippen LogP contribution in [-0.4, -0.2) is 48.2 Å². The number of nitrogens with zero attached hydrogens (tertiary/aromatic N) is 3. The number of aromatic nitrogens is 2. The highest BCUT2D eigenvalue weighted by atomic mass is 19.4. The van der Waals surface area contributed by atoms with Crippen molar-refractivity contribution in [2.24, 2.45) is 7.05 Å². The molecular formula is C13H21F4N5O. The summed E-state index contributed by atoms with van der Waals surface area (Å²) in [6.45, 7) is 1.59. The minimum atomic E-state index is -4.74. The average molecular weight is 339 g/mol. The molecule has 0 bridgehead atoms. The fourth-order valence-corrected chi connectivity index (χ4v) is 2.24. The van der Waals surface area contributed by atoms with Crippen molar-refractivity contribution in [3.05, 3.63) is 6.20 Å². The van der Waals surface area contributed by atoms with Gasteiger partial charge in [-0.05, 0) is 19.3 Å². The zero-order valence-corrected chi connectivity index (χ0v) is 13.0. The Balaban J connectivity index is 0.000000284. The van der Waals surface area contributed by atoms with Crippen LogP contribution >= 0.6 is 0 Å². The van der Waals surface area contributed by atoms with E-state index in [1.54, 1.807) is 10.9 Å². The number of aryl methyl sites for hydroxylation is 1. The van der Waals surface area contributed by atoms with Crippen molar-refractivity contribution >= 4 is 17.4 Å². The van der Waals surface area contributed by atoms with Crippen LogP contribution < -0.4 is 16.0 Å². The summed E-state index contributed by atoms with van der Waals surface area (Å²) in [5, 5.41) is 5.54. The largest absolute Gasteiger partial charge is 0.471 e. The molecule has 10 heteroatoms. The van der Waals surface area contributed by atoms with Crippen molar-refractivity contribution in [3.63, 3.8) is 0 Å². The first-order valence-electron chi connectivity index (χ1n) is 7.12. The van der Waals surface area contributed by atoms with Gasteiger partial charge in [0, 0.05) is 27.2 Å². The molecule has 0 radical (unpaired) electrons. The van der Waals surface area contributed by atoms with Crippen molar-refractivity contribution in [1.29, 1.82) is 0 Å². The molecule has 0 spiro atoms. The zero-order valence-electron chi connectivity index (χ0n) is 13.0. The second-order valence-corrected chi connectivity index (χ2v) is 5.14. The summed E-state index contributed by atoms with van der Waals surface area (Å²) in [4.78, 5) is 11.7. The minimum Gasteiger partial charge on any atom is -0.394 e. The van der Waals surface area contributed by atoms with E-state index in [0.717, 1.165) is 32.4 Å². The monoisotopic (exact) mass is 339 g/mol. The van der Waals surface area contributed by atoms with Crippen LogP contribution in [0.25, 0.3) is 0 Å². The Hall–Kier alpha value is -2.00. The number of carbonyl (C=O) groups excluding carboxylic acids is 1. The number of hydrogen-bond donors (Lipinski definition) is 2. The molecule has 1 amide bonds. The van der Waals surface area contributed by atoms with Crippen molar-refractivity contribution in [2.75, 3.05) is 30.8 Å². The number of rotatable bonds is 1. The normalized spacial score (nSPS) is 18.7. The van der Waals surface area contributed by atoms with Crippen LogP contribution in [0.1, 0.15) is 19.3 Å². The first-order chi connectivity index (χ1) is 10.7.